The molecule has 0 spiro atoms. The molecule has 106 valence electrons. The van der Waals surface area contributed by atoms with Gasteiger partial charge in [-0.15, -0.1) is 0 Å². The van der Waals surface area contributed by atoms with Crippen molar-refractivity contribution in [3.05, 3.63) is 57.0 Å². The van der Waals surface area contributed by atoms with Crippen LogP contribution in [0, 0.1) is 41.1 Å². The Labute approximate surface area is 119 Å². The SMILES string of the molecule is Cc1cc(C)c(C#N)c(Oc2ccc([N+](=O)[O-])c(F)c2)n1. The summed E-state index contributed by atoms with van der Waals surface area (Å²) in [5.41, 5.74) is 0.918. The van der Waals surface area contributed by atoms with E-state index >= 15 is 0 Å². The first kappa shape index (κ1) is 14.4. The van der Waals surface area contributed by atoms with Gasteiger partial charge in [-0.25, -0.2) is 4.98 Å². The average Bonchev–Trinajstić information content (AvgIpc) is 2.37. The van der Waals surface area contributed by atoms with Gasteiger partial charge in [-0.3, -0.25) is 10.1 Å². The van der Waals surface area contributed by atoms with Crippen LogP contribution in [0.1, 0.15) is 16.8 Å². The third-order valence-corrected chi connectivity index (χ3v) is 2.75. The van der Waals surface area contributed by atoms with Gasteiger partial charge >= 0.3 is 5.69 Å². The fourth-order valence-electron chi connectivity index (χ4n) is 1.82. The third kappa shape index (κ3) is 2.95. The Balaban J connectivity index is 2.42. The minimum Gasteiger partial charge on any atom is -0.438 e. The smallest absolute Gasteiger partial charge is 0.305 e. The maximum absolute atomic E-state index is 13.5. The molecule has 0 fully saturated rings. The summed E-state index contributed by atoms with van der Waals surface area (Å²) in [4.78, 5) is 13.8. The number of nitro groups is 1. The van der Waals surface area contributed by atoms with Crippen LogP contribution in [0.2, 0.25) is 0 Å². The Kier molecular flexibility index (Phi) is 3.80. The van der Waals surface area contributed by atoms with E-state index < -0.39 is 16.4 Å². The zero-order valence-corrected chi connectivity index (χ0v) is 11.3. The van der Waals surface area contributed by atoms with E-state index in [4.69, 9.17) is 10.00 Å². The Morgan fingerprint density at radius 2 is 2.10 bits per heavy atom. The third-order valence-electron chi connectivity index (χ3n) is 2.75. The summed E-state index contributed by atoms with van der Waals surface area (Å²) < 4.78 is 18.9. The molecule has 2 aromatic rings. The Hall–Kier alpha value is -3.01. The standard InChI is InChI=1S/C14H10FN3O3/c1-8-5-9(2)17-14(11(8)7-16)21-10-3-4-13(18(19)20)12(15)6-10/h3-6H,1-2H3. The van der Waals surface area contributed by atoms with Gasteiger partial charge in [0.2, 0.25) is 11.7 Å². The monoisotopic (exact) mass is 287 g/mol. The summed E-state index contributed by atoms with van der Waals surface area (Å²) >= 11 is 0. The zero-order chi connectivity index (χ0) is 15.6. The Morgan fingerprint density at radius 3 is 2.67 bits per heavy atom. The summed E-state index contributed by atoms with van der Waals surface area (Å²) in [7, 11) is 0. The van der Waals surface area contributed by atoms with Crippen LogP contribution in [0.5, 0.6) is 11.6 Å². The van der Waals surface area contributed by atoms with E-state index in [0.29, 0.717) is 11.3 Å². The molecule has 1 heterocycles. The summed E-state index contributed by atoms with van der Waals surface area (Å²) in [5.74, 6) is -0.935. The lowest BCUT2D eigenvalue weighted by Crippen LogP contribution is -1.98. The second-order valence-electron chi connectivity index (χ2n) is 4.34. The van der Waals surface area contributed by atoms with Crippen molar-refractivity contribution < 1.29 is 14.1 Å². The second-order valence-corrected chi connectivity index (χ2v) is 4.34. The molecule has 1 aromatic heterocycles. The molecule has 0 saturated heterocycles. The van der Waals surface area contributed by atoms with Gasteiger partial charge in [0.1, 0.15) is 17.4 Å². The number of nitrogens with zero attached hydrogens (tertiary/aromatic N) is 3. The number of halogens is 1. The van der Waals surface area contributed by atoms with Crippen LogP contribution in [0.25, 0.3) is 0 Å². The van der Waals surface area contributed by atoms with Crippen molar-refractivity contribution in [2.45, 2.75) is 13.8 Å². The van der Waals surface area contributed by atoms with Crippen LogP contribution >= 0.6 is 0 Å². The van der Waals surface area contributed by atoms with Crippen LogP contribution < -0.4 is 4.74 Å². The van der Waals surface area contributed by atoms with Crippen molar-refractivity contribution in [2.75, 3.05) is 0 Å². The van der Waals surface area contributed by atoms with E-state index in [1.54, 1.807) is 19.9 Å². The quantitative estimate of drug-likeness (QED) is 0.637. The summed E-state index contributed by atoms with van der Waals surface area (Å²) in [5, 5.41) is 19.7. The molecule has 1 aromatic carbocycles. The lowest BCUT2D eigenvalue weighted by molar-refractivity contribution is -0.387. The minimum atomic E-state index is -1.01. The van der Waals surface area contributed by atoms with E-state index in [1.165, 1.54) is 6.07 Å². The summed E-state index contributed by atoms with van der Waals surface area (Å²) in [6.45, 7) is 3.47. The Morgan fingerprint density at radius 1 is 1.38 bits per heavy atom. The molecule has 6 nitrogen and oxygen atoms in total. The molecule has 0 aliphatic carbocycles. The fraction of sp³-hybridized carbons (Fsp3) is 0.143. The minimum absolute atomic E-state index is 0.0344. The van der Waals surface area contributed by atoms with E-state index in [0.717, 1.165) is 12.1 Å². The van der Waals surface area contributed by atoms with Crippen LogP contribution in [-0.4, -0.2) is 9.91 Å². The molecule has 0 bridgehead atoms. The molecule has 21 heavy (non-hydrogen) atoms. The van der Waals surface area contributed by atoms with Gasteiger partial charge in [0.25, 0.3) is 0 Å². The highest BCUT2D eigenvalue weighted by atomic mass is 19.1. The lowest BCUT2D eigenvalue weighted by Gasteiger charge is -2.09. The summed E-state index contributed by atoms with van der Waals surface area (Å²) in [6.07, 6.45) is 0. The van der Waals surface area contributed by atoms with Gasteiger partial charge < -0.3 is 4.74 Å². The van der Waals surface area contributed by atoms with Crippen LogP contribution in [-0.2, 0) is 0 Å². The number of nitriles is 1. The number of aromatic nitrogens is 1. The van der Waals surface area contributed by atoms with E-state index in [1.807, 2.05) is 6.07 Å². The number of benzene rings is 1. The number of aryl methyl sites for hydroxylation is 2. The van der Waals surface area contributed by atoms with Gasteiger partial charge in [-0.05, 0) is 31.5 Å². The largest absolute Gasteiger partial charge is 0.438 e. The highest BCUT2D eigenvalue weighted by Crippen LogP contribution is 2.28. The predicted octanol–water partition coefficient (Wildman–Crippen LogP) is 3.41. The molecule has 2 rings (SSSR count). The maximum atomic E-state index is 13.5. The second kappa shape index (κ2) is 5.54. The molecule has 0 unspecified atom stereocenters. The average molecular weight is 287 g/mol. The maximum Gasteiger partial charge on any atom is 0.305 e. The van der Waals surface area contributed by atoms with Crippen molar-refractivity contribution >= 4 is 5.69 Å². The molecule has 0 aliphatic rings. The topological polar surface area (TPSA) is 89.0 Å². The summed E-state index contributed by atoms with van der Waals surface area (Å²) in [6, 6.07) is 6.83. The van der Waals surface area contributed by atoms with Crippen LogP contribution in [0.4, 0.5) is 10.1 Å². The Bertz CT molecular complexity index is 769. The van der Waals surface area contributed by atoms with Crippen molar-refractivity contribution in [1.29, 1.82) is 5.26 Å². The number of ether oxygens (including phenoxy) is 1. The molecular formula is C14H10FN3O3. The molecular weight excluding hydrogens is 277 g/mol. The van der Waals surface area contributed by atoms with E-state index in [9.17, 15) is 14.5 Å². The van der Waals surface area contributed by atoms with Crippen LogP contribution in [0.15, 0.2) is 24.3 Å². The first-order valence-electron chi connectivity index (χ1n) is 5.92. The van der Waals surface area contributed by atoms with Gasteiger partial charge in [0.15, 0.2) is 0 Å². The lowest BCUT2D eigenvalue weighted by atomic mass is 10.1. The number of hydrogen-bond acceptors (Lipinski definition) is 5. The first-order chi connectivity index (χ1) is 9.92. The highest BCUT2D eigenvalue weighted by molar-refractivity contribution is 5.47. The van der Waals surface area contributed by atoms with Crippen molar-refractivity contribution in [3.63, 3.8) is 0 Å². The number of rotatable bonds is 3. The number of pyridine rings is 1. The predicted molar refractivity (Wildman–Crippen MR) is 71.6 cm³/mol. The number of hydrogen-bond donors (Lipinski definition) is 0. The molecule has 0 amide bonds. The van der Waals surface area contributed by atoms with Crippen molar-refractivity contribution in [2.24, 2.45) is 0 Å². The van der Waals surface area contributed by atoms with Gasteiger partial charge in [0, 0.05) is 17.8 Å². The van der Waals surface area contributed by atoms with Gasteiger partial charge in [0.05, 0.1) is 4.92 Å². The zero-order valence-electron chi connectivity index (χ0n) is 11.3. The molecule has 0 saturated carbocycles. The molecule has 0 atom stereocenters. The van der Waals surface area contributed by atoms with E-state index in [-0.39, 0.29) is 17.2 Å². The highest BCUT2D eigenvalue weighted by Gasteiger charge is 2.16. The van der Waals surface area contributed by atoms with Gasteiger partial charge in [-0.2, -0.15) is 9.65 Å². The molecule has 0 radical (unpaired) electrons. The molecule has 7 heteroatoms. The first-order valence-corrected chi connectivity index (χ1v) is 5.92. The van der Waals surface area contributed by atoms with Crippen molar-refractivity contribution in [3.8, 4) is 17.7 Å². The molecule has 0 N–H and O–H groups in total. The van der Waals surface area contributed by atoms with Crippen molar-refractivity contribution in [1.82, 2.24) is 4.98 Å². The fourth-order valence-corrected chi connectivity index (χ4v) is 1.82. The van der Waals surface area contributed by atoms with E-state index in [2.05, 4.69) is 4.98 Å². The normalized spacial score (nSPS) is 10.0. The number of nitro benzene ring substituents is 1. The van der Waals surface area contributed by atoms with Gasteiger partial charge in [-0.1, -0.05) is 0 Å². The van der Waals surface area contributed by atoms with Crippen LogP contribution in [0.3, 0.4) is 0 Å². The molecule has 0 aliphatic heterocycles.